The Morgan fingerprint density at radius 1 is 0.909 bits per heavy atom. The summed E-state index contributed by atoms with van der Waals surface area (Å²) in [4.78, 5) is 7.53. The monoisotopic (exact) mass is 442 g/mol. The largest absolute Gasteiger partial charge is 0.486 e. The van der Waals surface area contributed by atoms with Crippen LogP contribution < -0.4 is 9.47 Å². The first-order valence-corrected chi connectivity index (χ1v) is 11.9. The number of aryl methyl sites for hydroxylation is 1. The number of rotatable bonds is 4. The van der Waals surface area contributed by atoms with Gasteiger partial charge in [-0.2, -0.15) is 0 Å². The standard InChI is InChI=1S/C28H30N2O3/c1-19-23(21-7-9-26-27(14-21)33-13-12-32-26)4-3-5-24(19)25-8-6-22(20(2)29-25)15-30-16-28(17-30)10-11-31-18-28/h3-9,14H,10-13,15-18H2,1-2H3. The lowest BCUT2D eigenvalue weighted by Gasteiger charge is -2.47. The van der Waals surface area contributed by atoms with Crippen LogP contribution in [0, 0.1) is 19.3 Å². The van der Waals surface area contributed by atoms with Gasteiger partial charge in [0, 0.05) is 42.9 Å². The number of hydrogen-bond acceptors (Lipinski definition) is 5. The average Bonchev–Trinajstić information content (AvgIpc) is 3.30. The van der Waals surface area contributed by atoms with E-state index in [4.69, 9.17) is 19.2 Å². The molecule has 0 bridgehead atoms. The molecule has 170 valence electrons. The Labute approximate surface area is 195 Å². The number of hydrogen-bond donors (Lipinski definition) is 0. The van der Waals surface area contributed by atoms with Crippen molar-refractivity contribution >= 4 is 0 Å². The lowest BCUT2D eigenvalue weighted by molar-refractivity contribution is -0.0125. The topological polar surface area (TPSA) is 43.8 Å². The normalized spacial score (nSPS) is 19.0. The molecule has 1 spiro atoms. The van der Waals surface area contributed by atoms with Gasteiger partial charge in [0.1, 0.15) is 13.2 Å². The van der Waals surface area contributed by atoms with Gasteiger partial charge in [0.15, 0.2) is 11.5 Å². The van der Waals surface area contributed by atoms with E-state index in [0.717, 1.165) is 61.3 Å². The molecule has 2 fully saturated rings. The summed E-state index contributed by atoms with van der Waals surface area (Å²) in [6.07, 6.45) is 1.21. The number of likely N-dealkylation sites (tertiary alicyclic amines) is 1. The van der Waals surface area contributed by atoms with Crippen molar-refractivity contribution in [2.45, 2.75) is 26.8 Å². The van der Waals surface area contributed by atoms with Crippen molar-refractivity contribution in [1.82, 2.24) is 9.88 Å². The van der Waals surface area contributed by atoms with Gasteiger partial charge >= 0.3 is 0 Å². The number of nitrogens with zero attached hydrogens (tertiary/aromatic N) is 2. The van der Waals surface area contributed by atoms with Gasteiger partial charge in [0.25, 0.3) is 0 Å². The maximum absolute atomic E-state index is 5.80. The third-order valence-corrected chi connectivity index (χ3v) is 7.36. The number of aromatic nitrogens is 1. The molecular weight excluding hydrogens is 412 g/mol. The highest BCUT2D eigenvalue weighted by Crippen LogP contribution is 2.40. The maximum Gasteiger partial charge on any atom is 0.161 e. The van der Waals surface area contributed by atoms with Crippen LogP contribution in [0.25, 0.3) is 22.4 Å². The second-order valence-electron chi connectivity index (χ2n) is 9.73. The lowest BCUT2D eigenvalue weighted by Crippen LogP contribution is -2.56. The van der Waals surface area contributed by atoms with Gasteiger partial charge in [-0.05, 0) is 60.7 Å². The van der Waals surface area contributed by atoms with E-state index in [1.807, 2.05) is 6.07 Å². The highest BCUT2D eigenvalue weighted by atomic mass is 16.6. The van der Waals surface area contributed by atoms with Crippen LogP contribution in [0.2, 0.25) is 0 Å². The van der Waals surface area contributed by atoms with Gasteiger partial charge in [-0.1, -0.05) is 30.3 Å². The van der Waals surface area contributed by atoms with Crippen molar-refractivity contribution in [3.63, 3.8) is 0 Å². The van der Waals surface area contributed by atoms with Crippen LogP contribution in [-0.4, -0.2) is 49.4 Å². The first kappa shape index (κ1) is 20.7. The molecule has 4 heterocycles. The number of ether oxygens (including phenoxy) is 3. The highest BCUT2D eigenvalue weighted by Gasteiger charge is 2.45. The lowest BCUT2D eigenvalue weighted by atomic mass is 9.79. The summed E-state index contributed by atoms with van der Waals surface area (Å²) in [5.41, 5.74) is 8.59. The van der Waals surface area contributed by atoms with Crippen molar-refractivity contribution in [2.75, 3.05) is 39.5 Å². The summed E-state index contributed by atoms with van der Waals surface area (Å²) in [6.45, 7) is 10.6. The molecule has 0 amide bonds. The molecule has 0 saturated carbocycles. The average molecular weight is 443 g/mol. The molecule has 5 nitrogen and oxygen atoms in total. The number of pyridine rings is 1. The van der Waals surface area contributed by atoms with E-state index in [2.05, 4.69) is 61.2 Å². The van der Waals surface area contributed by atoms with E-state index < -0.39 is 0 Å². The summed E-state index contributed by atoms with van der Waals surface area (Å²) < 4.78 is 17.1. The molecule has 2 saturated heterocycles. The fraction of sp³-hybridized carbons (Fsp3) is 0.393. The van der Waals surface area contributed by atoms with Gasteiger partial charge in [0.2, 0.25) is 0 Å². The summed E-state index contributed by atoms with van der Waals surface area (Å²) >= 11 is 0. The number of fused-ring (bicyclic) bond motifs is 1. The van der Waals surface area contributed by atoms with E-state index in [1.165, 1.54) is 28.7 Å². The fourth-order valence-electron chi connectivity index (χ4n) is 5.50. The molecule has 3 aliphatic heterocycles. The van der Waals surface area contributed by atoms with Crippen molar-refractivity contribution in [2.24, 2.45) is 5.41 Å². The first-order valence-electron chi connectivity index (χ1n) is 11.9. The summed E-state index contributed by atoms with van der Waals surface area (Å²) in [5.74, 6) is 1.64. The second-order valence-corrected chi connectivity index (χ2v) is 9.73. The third kappa shape index (κ3) is 3.79. The van der Waals surface area contributed by atoms with Crippen LogP contribution in [0.1, 0.15) is 23.2 Å². The van der Waals surface area contributed by atoms with Crippen molar-refractivity contribution in [3.05, 3.63) is 65.4 Å². The fourth-order valence-corrected chi connectivity index (χ4v) is 5.50. The Balaban J connectivity index is 1.24. The molecule has 1 aromatic heterocycles. The Hall–Kier alpha value is -2.89. The van der Waals surface area contributed by atoms with Crippen LogP contribution in [0.3, 0.4) is 0 Å². The van der Waals surface area contributed by atoms with E-state index in [9.17, 15) is 0 Å². The van der Waals surface area contributed by atoms with Crippen LogP contribution in [0.15, 0.2) is 48.5 Å². The Bertz CT molecular complexity index is 1190. The van der Waals surface area contributed by atoms with E-state index in [-0.39, 0.29) is 0 Å². The molecule has 0 atom stereocenters. The molecule has 0 aliphatic carbocycles. The smallest absolute Gasteiger partial charge is 0.161 e. The Kier molecular flexibility index (Phi) is 5.11. The van der Waals surface area contributed by atoms with Gasteiger partial charge in [-0.15, -0.1) is 0 Å². The molecule has 2 aromatic carbocycles. The molecule has 3 aromatic rings. The van der Waals surface area contributed by atoms with E-state index in [0.29, 0.717) is 18.6 Å². The van der Waals surface area contributed by atoms with Crippen molar-refractivity contribution in [3.8, 4) is 33.9 Å². The van der Waals surface area contributed by atoms with Gasteiger partial charge in [-0.25, -0.2) is 0 Å². The second kappa shape index (κ2) is 8.15. The van der Waals surface area contributed by atoms with E-state index >= 15 is 0 Å². The highest BCUT2D eigenvalue weighted by molar-refractivity contribution is 5.78. The van der Waals surface area contributed by atoms with Gasteiger partial charge in [-0.3, -0.25) is 9.88 Å². The number of benzene rings is 2. The zero-order valence-corrected chi connectivity index (χ0v) is 19.4. The zero-order valence-electron chi connectivity index (χ0n) is 19.4. The van der Waals surface area contributed by atoms with Crippen molar-refractivity contribution < 1.29 is 14.2 Å². The van der Waals surface area contributed by atoms with E-state index in [1.54, 1.807) is 0 Å². The molecule has 3 aliphatic rings. The van der Waals surface area contributed by atoms with Crippen molar-refractivity contribution in [1.29, 1.82) is 0 Å². The minimum absolute atomic E-state index is 0.423. The minimum Gasteiger partial charge on any atom is -0.486 e. The quantitative estimate of drug-likeness (QED) is 0.567. The van der Waals surface area contributed by atoms with Gasteiger partial charge < -0.3 is 14.2 Å². The predicted molar refractivity (Wildman–Crippen MR) is 129 cm³/mol. The predicted octanol–water partition coefficient (Wildman–Crippen LogP) is 5.03. The molecule has 5 heteroatoms. The molecule has 0 unspecified atom stereocenters. The van der Waals surface area contributed by atoms with Crippen LogP contribution in [0.5, 0.6) is 11.5 Å². The molecule has 0 radical (unpaired) electrons. The van der Waals surface area contributed by atoms with Crippen LogP contribution >= 0.6 is 0 Å². The molecule has 0 N–H and O–H groups in total. The Morgan fingerprint density at radius 3 is 2.52 bits per heavy atom. The molecule has 33 heavy (non-hydrogen) atoms. The SMILES string of the molecule is Cc1nc(-c2cccc(-c3ccc4c(c3)OCCO4)c2C)ccc1CN1CC2(CCOC2)C1. The summed E-state index contributed by atoms with van der Waals surface area (Å²) in [7, 11) is 0. The summed E-state index contributed by atoms with van der Waals surface area (Å²) in [5, 5.41) is 0. The summed E-state index contributed by atoms with van der Waals surface area (Å²) in [6, 6.07) is 17.1. The first-order chi connectivity index (χ1) is 16.1. The van der Waals surface area contributed by atoms with Gasteiger partial charge in [0.05, 0.1) is 12.3 Å². The third-order valence-electron chi connectivity index (χ3n) is 7.36. The van der Waals surface area contributed by atoms with Crippen LogP contribution in [0.4, 0.5) is 0 Å². The zero-order chi connectivity index (χ0) is 22.4. The molecule has 6 rings (SSSR count). The maximum atomic E-state index is 5.80. The Morgan fingerprint density at radius 2 is 1.73 bits per heavy atom. The van der Waals surface area contributed by atoms with Crippen LogP contribution in [-0.2, 0) is 11.3 Å². The minimum atomic E-state index is 0.423. The molecular formula is C28H30N2O3.